The first-order valence-electron chi connectivity index (χ1n) is 6.23. The summed E-state index contributed by atoms with van der Waals surface area (Å²) in [6.07, 6.45) is 11.0. The number of aromatic nitrogens is 2. The maximum atomic E-state index is 11.4. The van der Waals surface area contributed by atoms with Gasteiger partial charge in [0.05, 0.1) is 6.33 Å². The molecule has 0 saturated carbocycles. The summed E-state index contributed by atoms with van der Waals surface area (Å²) >= 11 is 0. The third-order valence-electron chi connectivity index (χ3n) is 2.44. The lowest BCUT2D eigenvalue weighted by atomic mass is 10.3. The second-order valence-electron chi connectivity index (χ2n) is 4.46. The van der Waals surface area contributed by atoms with Gasteiger partial charge in [0.1, 0.15) is 0 Å². The first-order valence-corrected chi connectivity index (χ1v) is 6.23. The normalized spacial score (nSPS) is 11.3. The fraction of sp³-hybridized carbons (Fsp3) is 0.538. The third-order valence-corrected chi connectivity index (χ3v) is 2.44. The predicted molar refractivity (Wildman–Crippen MR) is 72.2 cm³/mol. The van der Waals surface area contributed by atoms with Crippen molar-refractivity contribution in [3.63, 3.8) is 0 Å². The summed E-state index contributed by atoms with van der Waals surface area (Å²) in [5.41, 5.74) is 0. The van der Waals surface area contributed by atoms with Crippen LogP contribution in [0.5, 0.6) is 0 Å². The van der Waals surface area contributed by atoms with Gasteiger partial charge in [-0.3, -0.25) is 4.79 Å². The first kappa shape index (κ1) is 14.4. The summed E-state index contributed by atoms with van der Waals surface area (Å²) in [6, 6.07) is 0. The molecule has 0 unspecified atom stereocenters. The van der Waals surface area contributed by atoms with Gasteiger partial charge >= 0.3 is 0 Å². The predicted octanol–water partition coefficient (Wildman–Crippen LogP) is 0.897. The number of hydrogen-bond acceptors (Lipinski definition) is 3. The van der Waals surface area contributed by atoms with Crippen LogP contribution in [0.15, 0.2) is 30.9 Å². The standard InChI is InChI=1S/C13H22N4O/c1-16(2)9-5-6-13(18)15-7-3-4-10-17-11-8-14-12-17/h5-6,8,11-12H,3-4,7,9-10H2,1-2H3,(H,15,18)/b6-5+. The second kappa shape index (κ2) is 8.47. The molecular weight excluding hydrogens is 228 g/mol. The molecule has 0 atom stereocenters. The number of carbonyl (C=O) groups excluding carboxylic acids is 1. The number of amides is 1. The van der Waals surface area contributed by atoms with Gasteiger partial charge in [-0.15, -0.1) is 0 Å². The molecule has 0 fully saturated rings. The Labute approximate surface area is 109 Å². The molecule has 18 heavy (non-hydrogen) atoms. The van der Waals surface area contributed by atoms with Crippen LogP contribution in [0.4, 0.5) is 0 Å². The average molecular weight is 250 g/mol. The van der Waals surface area contributed by atoms with Gasteiger partial charge in [0, 0.05) is 38.1 Å². The summed E-state index contributed by atoms with van der Waals surface area (Å²) in [5.74, 6) is -0.0144. The molecular formula is C13H22N4O. The number of imidazole rings is 1. The maximum absolute atomic E-state index is 11.4. The Hall–Kier alpha value is -1.62. The Morgan fingerprint density at radius 2 is 2.28 bits per heavy atom. The number of nitrogens with one attached hydrogen (secondary N) is 1. The average Bonchev–Trinajstić information content (AvgIpc) is 2.81. The summed E-state index contributed by atoms with van der Waals surface area (Å²) < 4.78 is 2.04. The molecule has 0 bridgehead atoms. The van der Waals surface area contributed by atoms with Gasteiger partial charge in [0.25, 0.3) is 0 Å². The van der Waals surface area contributed by atoms with Gasteiger partial charge < -0.3 is 14.8 Å². The van der Waals surface area contributed by atoms with E-state index in [0.717, 1.165) is 32.5 Å². The van der Waals surface area contributed by atoms with Crippen LogP contribution in [0.3, 0.4) is 0 Å². The summed E-state index contributed by atoms with van der Waals surface area (Å²) in [5, 5.41) is 2.87. The van der Waals surface area contributed by atoms with Crippen LogP contribution in [-0.4, -0.2) is 47.5 Å². The largest absolute Gasteiger partial charge is 0.353 e. The Morgan fingerprint density at radius 1 is 1.44 bits per heavy atom. The molecule has 0 aromatic carbocycles. The molecule has 0 saturated heterocycles. The van der Waals surface area contributed by atoms with Gasteiger partial charge in [-0.25, -0.2) is 4.98 Å². The maximum Gasteiger partial charge on any atom is 0.243 e. The zero-order valence-corrected chi connectivity index (χ0v) is 11.2. The zero-order chi connectivity index (χ0) is 13.2. The van der Waals surface area contributed by atoms with E-state index < -0.39 is 0 Å². The van der Waals surface area contributed by atoms with Gasteiger partial charge in [-0.2, -0.15) is 0 Å². The third kappa shape index (κ3) is 6.85. The number of unbranched alkanes of at least 4 members (excludes halogenated alkanes) is 1. The molecule has 0 spiro atoms. The molecule has 0 radical (unpaired) electrons. The smallest absolute Gasteiger partial charge is 0.243 e. The topological polar surface area (TPSA) is 50.2 Å². The molecule has 1 amide bonds. The minimum absolute atomic E-state index is 0.0144. The Morgan fingerprint density at radius 3 is 2.94 bits per heavy atom. The fourth-order valence-electron chi connectivity index (χ4n) is 1.48. The highest BCUT2D eigenvalue weighted by atomic mass is 16.1. The van der Waals surface area contributed by atoms with Crippen molar-refractivity contribution in [3.05, 3.63) is 30.9 Å². The highest BCUT2D eigenvalue weighted by molar-refractivity contribution is 5.87. The highest BCUT2D eigenvalue weighted by Crippen LogP contribution is 1.93. The number of rotatable bonds is 8. The van der Waals surface area contributed by atoms with Crippen molar-refractivity contribution in [1.29, 1.82) is 0 Å². The highest BCUT2D eigenvalue weighted by Gasteiger charge is 1.95. The van der Waals surface area contributed by atoms with E-state index in [1.54, 1.807) is 12.3 Å². The Balaban J connectivity index is 2.00. The van der Waals surface area contributed by atoms with Crippen LogP contribution < -0.4 is 5.32 Å². The quantitative estimate of drug-likeness (QED) is 0.551. The van der Waals surface area contributed by atoms with Crippen molar-refractivity contribution in [2.45, 2.75) is 19.4 Å². The molecule has 1 aromatic heterocycles. The molecule has 1 heterocycles. The van der Waals surface area contributed by atoms with Crippen LogP contribution in [-0.2, 0) is 11.3 Å². The van der Waals surface area contributed by atoms with E-state index in [4.69, 9.17) is 0 Å². The molecule has 0 aliphatic carbocycles. The van der Waals surface area contributed by atoms with Crippen molar-refractivity contribution in [3.8, 4) is 0 Å². The van der Waals surface area contributed by atoms with Crippen LogP contribution in [0, 0.1) is 0 Å². The van der Waals surface area contributed by atoms with Crippen molar-refractivity contribution in [2.24, 2.45) is 0 Å². The molecule has 5 heteroatoms. The van der Waals surface area contributed by atoms with E-state index >= 15 is 0 Å². The number of nitrogens with zero attached hydrogens (tertiary/aromatic N) is 3. The monoisotopic (exact) mass is 250 g/mol. The van der Waals surface area contributed by atoms with E-state index in [2.05, 4.69) is 10.3 Å². The second-order valence-corrected chi connectivity index (χ2v) is 4.46. The van der Waals surface area contributed by atoms with E-state index in [-0.39, 0.29) is 5.91 Å². The molecule has 100 valence electrons. The minimum Gasteiger partial charge on any atom is -0.353 e. The van der Waals surface area contributed by atoms with E-state index in [9.17, 15) is 4.79 Å². The molecule has 5 nitrogen and oxygen atoms in total. The molecule has 1 rings (SSSR count). The van der Waals surface area contributed by atoms with Crippen LogP contribution >= 0.6 is 0 Å². The summed E-state index contributed by atoms with van der Waals surface area (Å²) in [7, 11) is 3.94. The van der Waals surface area contributed by atoms with E-state index in [1.807, 2.05) is 42.2 Å². The molecule has 0 aliphatic heterocycles. The number of likely N-dealkylation sites (N-methyl/N-ethyl adjacent to an activating group) is 1. The SMILES string of the molecule is CN(C)C/C=C/C(=O)NCCCCn1ccnc1. The van der Waals surface area contributed by atoms with Gasteiger partial charge in [0.15, 0.2) is 0 Å². The zero-order valence-electron chi connectivity index (χ0n) is 11.2. The van der Waals surface area contributed by atoms with Crippen molar-refractivity contribution >= 4 is 5.91 Å². The van der Waals surface area contributed by atoms with Crippen LogP contribution in [0.2, 0.25) is 0 Å². The summed E-state index contributed by atoms with van der Waals surface area (Å²) in [4.78, 5) is 17.4. The van der Waals surface area contributed by atoms with Crippen molar-refractivity contribution in [1.82, 2.24) is 19.8 Å². The minimum atomic E-state index is -0.0144. The van der Waals surface area contributed by atoms with Crippen LogP contribution in [0.25, 0.3) is 0 Å². The Kier molecular flexibility index (Phi) is 6.79. The number of hydrogen-bond donors (Lipinski definition) is 1. The molecule has 1 aromatic rings. The number of carbonyl (C=O) groups is 1. The van der Waals surface area contributed by atoms with E-state index in [0.29, 0.717) is 0 Å². The number of aryl methyl sites for hydroxylation is 1. The van der Waals surface area contributed by atoms with Crippen LogP contribution in [0.1, 0.15) is 12.8 Å². The lowest BCUT2D eigenvalue weighted by molar-refractivity contribution is -0.116. The van der Waals surface area contributed by atoms with E-state index in [1.165, 1.54) is 0 Å². The first-order chi connectivity index (χ1) is 8.68. The Bertz CT molecular complexity index is 357. The lowest BCUT2D eigenvalue weighted by Gasteiger charge is -2.05. The van der Waals surface area contributed by atoms with Gasteiger partial charge in [0.2, 0.25) is 5.91 Å². The molecule has 1 N–H and O–H groups in total. The molecule has 0 aliphatic rings. The lowest BCUT2D eigenvalue weighted by Crippen LogP contribution is -2.22. The van der Waals surface area contributed by atoms with Gasteiger partial charge in [-0.05, 0) is 26.9 Å². The van der Waals surface area contributed by atoms with Gasteiger partial charge in [-0.1, -0.05) is 6.08 Å². The fourth-order valence-corrected chi connectivity index (χ4v) is 1.48. The van der Waals surface area contributed by atoms with Crippen molar-refractivity contribution in [2.75, 3.05) is 27.2 Å². The summed E-state index contributed by atoms with van der Waals surface area (Å²) in [6.45, 7) is 2.46. The van der Waals surface area contributed by atoms with Crippen molar-refractivity contribution < 1.29 is 4.79 Å².